The van der Waals surface area contributed by atoms with E-state index < -0.39 is 0 Å². The molecule has 3 rings (SSSR count). The Morgan fingerprint density at radius 3 is 2.12 bits per heavy atom. The minimum Gasteiger partial charge on any atom is -0.192 e. The smallest absolute Gasteiger partial charge is 0.0991 e. The molecular formula is C24H27N. The van der Waals surface area contributed by atoms with Gasteiger partial charge in [0, 0.05) is 0 Å². The Kier molecular flexibility index (Phi) is 4.33. The van der Waals surface area contributed by atoms with Crippen LogP contribution in [0.15, 0.2) is 42.5 Å². The molecule has 0 unspecified atom stereocenters. The molecule has 1 aliphatic carbocycles. The number of fused-ring (bicyclic) bond motifs is 1. The maximum atomic E-state index is 8.94. The molecule has 0 bridgehead atoms. The third-order valence-corrected chi connectivity index (χ3v) is 5.73. The summed E-state index contributed by atoms with van der Waals surface area (Å²) in [6.45, 7) is 11.6. The van der Waals surface area contributed by atoms with Crippen molar-refractivity contribution in [2.45, 2.75) is 58.3 Å². The molecule has 1 aliphatic rings. The van der Waals surface area contributed by atoms with Crippen molar-refractivity contribution in [1.29, 1.82) is 5.26 Å². The third-order valence-electron chi connectivity index (χ3n) is 5.73. The molecule has 2 aromatic carbocycles. The molecule has 0 atom stereocenters. The second kappa shape index (κ2) is 6.19. The van der Waals surface area contributed by atoms with E-state index in [2.05, 4.69) is 65.0 Å². The van der Waals surface area contributed by atoms with Gasteiger partial charge in [-0.1, -0.05) is 64.1 Å². The Morgan fingerprint density at radius 1 is 0.920 bits per heavy atom. The maximum absolute atomic E-state index is 8.94. The van der Waals surface area contributed by atoms with Gasteiger partial charge in [0.2, 0.25) is 0 Å². The quantitative estimate of drug-likeness (QED) is 0.579. The third kappa shape index (κ3) is 3.40. The second-order valence-corrected chi connectivity index (χ2v) is 8.59. The van der Waals surface area contributed by atoms with Gasteiger partial charge in [0.1, 0.15) is 0 Å². The van der Waals surface area contributed by atoms with E-state index >= 15 is 0 Å². The molecule has 25 heavy (non-hydrogen) atoms. The Bertz CT molecular complexity index is 858. The predicted octanol–water partition coefficient (Wildman–Crippen LogP) is 6.47. The maximum Gasteiger partial charge on any atom is 0.0991 e. The van der Waals surface area contributed by atoms with Crippen molar-refractivity contribution < 1.29 is 0 Å². The summed E-state index contributed by atoms with van der Waals surface area (Å²) in [4.78, 5) is 0. The number of benzene rings is 2. The number of allylic oxidation sites excluding steroid dienone is 1. The highest BCUT2D eigenvalue weighted by atomic mass is 14.4. The van der Waals surface area contributed by atoms with Gasteiger partial charge in [-0.25, -0.2) is 0 Å². The number of nitriles is 1. The van der Waals surface area contributed by atoms with Gasteiger partial charge < -0.3 is 0 Å². The van der Waals surface area contributed by atoms with Gasteiger partial charge in [0.25, 0.3) is 0 Å². The van der Waals surface area contributed by atoms with Crippen molar-refractivity contribution in [3.05, 3.63) is 70.3 Å². The summed E-state index contributed by atoms with van der Waals surface area (Å²) in [5, 5.41) is 8.94. The Balaban J connectivity index is 2.00. The van der Waals surface area contributed by atoms with Crippen LogP contribution in [0.5, 0.6) is 0 Å². The van der Waals surface area contributed by atoms with Crippen LogP contribution in [0.2, 0.25) is 0 Å². The minimum atomic E-state index is 0.233. The zero-order chi connectivity index (χ0) is 18.2. The Hall–Kier alpha value is -2.33. The molecule has 0 radical (unpaired) electrons. The summed E-state index contributed by atoms with van der Waals surface area (Å²) in [6.07, 6.45) is 4.72. The van der Waals surface area contributed by atoms with E-state index in [1.54, 1.807) is 0 Å². The van der Waals surface area contributed by atoms with Crippen LogP contribution in [-0.2, 0) is 10.8 Å². The van der Waals surface area contributed by atoms with Crippen LogP contribution in [0.25, 0.3) is 11.6 Å². The lowest BCUT2D eigenvalue weighted by Crippen LogP contribution is -2.33. The molecule has 0 aliphatic heterocycles. The highest BCUT2D eigenvalue weighted by Gasteiger charge is 2.36. The van der Waals surface area contributed by atoms with Crippen LogP contribution < -0.4 is 0 Å². The van der Waals surface area contributed by atoms with Gasteiger partial charge in [-0.15, -0.1) is 0 Å². The lowest BCUT2D eigenvalue weighted by molar-refractivity contribution is 0.332. The van der Waals surface area contributed by atoms with E-state index in [-0.39, 0.29) is 10.8 Å². The first-order chi connectivity index (χ1) is 11.7. The molecule has 0 fully saturated rings. The fourth-order valence-electron chi connectivity index (χ4n) is 3.84. The van der Waals surface area contributed by atoms with E-state index in [0.29, 0.717) is 5.56 Å². The van der Waals surface area contributed by atoms with Crippen LogP contribution in [0.1, 0.15) is 75.3 Å². The van der Waals surface area contributed by atoms with Crippen LogP contribution in [-0.4, -0.2) is 0 Å². The molecular weight excluding hydrogens is 302 g/mol. The first-order valence-corrected chi connectivity index (χ1v) is 9.07. The largest absolute Gasteiger partial charge is 0.192 e. The summed E-state index contributed by atoms with van der Waals surface area (Å²) in [5.74, 6) is 0. The van der Waals surface area contributed by atoms with Crippen molar-refractivity contribution >= 4 is 11.6 Å². The van der Waals surface area contributed by atoms with Crippen LogP contribution in [0, 0.1) is 11.3 Å². The number of hydrogen-bond acceptors (Lipinski definition) is 1. The Morgan fingerprint density at radius 2 is 1.52 bits per heavy atom. The van der Waals surface area contributed by atoms with Gasteiger partial charge in [0.05, 0.1) is 11.6 Å². The summed E-state index contributed by atoms with van der Waals surface area (Å²) >= 11 is 0. The zero-order valence-corrected chi connectivity index (χ0v) is 16.0. The van der Waals surface area contributed by atoms with Crippen LogP contribution >= 0.6 is 0 Å². The molecule has 2 aromatic rings. The van der Waals surface area contributed by atoms with Crippen LogP contribution in [0.4, 0.5) is 0 Å². The molecule has 1 heteroatoms. The summed E-state index contributed by atoms with van der Waals surface area (Å²) < 4.78 is 0. The molecule has 0 N–H and O–H groups in total. The molecule has 1 nitrogen and oxygen atoms in total. The van der Waals surface area contributed by atoms with Crippen LogP contribution in [0.3, 0.4) is 0 Å². The number of hydrogen-bond donors (Lipinski definition) is 0. The molecule has 0 spiro atoms. The molecule has 0 aromatic heterocycles. The number of nitrogens with zero attached hydrogens (tertiary/aromatic N) is 1. The van der Waals surface area contributed by atoms with E-state index in [0.717, 1.165) is 5.56 Å². The van der Waals surface area contributed by atoms with Gasteiger partial charge in [-0.3, -0.25) is 0 Å². The first kappa shape index (κ1) is 17.5. The first-order valence-electron chi connectivity index (χ1n) is 9.07. The normalized spacial score (nSPS) is 18.3. The lowest BCUT2D eigenvalue weighted by atomic mass is 9.63. The highest BCUT2D eigenvalue weighted by Crippen LogP contribution is 2.46. The van der Waals surface area contributed by atoms with E-state index in [9.17, 15) is 0 Å². The lowest BCUT2D eigenvalue weighted by Gasteiger charge is -2.42. The summed E-state index contributed by atoms with van der Waals surface area (Å²) in [5.41, 5.74) is 7.82. The van der Waals surface area contributed by atoms with Gasteiger partial charge in [-0.2, -0.15) is 5.26 Å². The topological polar surface area (TPSA) is 23.8 Å². The van der Waals surface area contributed by atoms with Gasteiger partial charge in [-0.05, 0) is 70.6 Å². The minimum absolute atomic E-state index is 0.233. The van der Waals surface area contributed by atoms with Gasteiger partial charge >= 0.3 is 0 Å². The fraction of sp³-hybridized carbons (Fsp3) is 0.375. The molecule has 0 heterocycles. The van der Waals surface area contributed by atoms with Crippen molar-refractivity contribution in [3.63, 3.8) is 0 Å². The highest BCUT2D eigenvalue weighted by molar-refractivity contribution is 5.80. The standard InChI is InChI=1S/C24H27N/c1-17(20-9-6-18(16-25)7-10-20)14-19-8-11-21-22(15-19)24(4,5)13-12-23(21,2)3/h6-11,14-15H,12-13H2,1-5H3/b17-14-. The average Bonchev–Trinajstić information content (AvgIpc) is 2.59. The summed E-state index contributed by atoms with van der Waals surface area (Å²) in [7, 11) is 0. The van der Waals surface area contributed by atoms with Crippen molar-refractivity contribution in [3.8, 4) is 6.07 Å². The molecule has 0 saturated carbocycles. The molecule has 128 valence electrons. The fourth-order valence-corrected chi connectivity index (χ4v) is 3.84. The van der Waals surface area contributed by atoms with Crippen molar-refractivity contribution in [2.24, 2.45) is 0 Å². The zero-order valence-electron chi connectivity index (χ0n) is 16.0. The molecule has 0 amide bonds. The van der Waals surface area contributed by atoms with Crippen molar-refractivity contribution in [2.75, 3.05) is 0 Å². The predicted molar refractivity (Wildman–Crippen MR) is 106 cm³/mol. The second-order valence-electron chi connectivity index (χ2n) is 8.59. The SMILES string of the molecule is C/C(=C/c1ccc2c(c1)C(C)(C)CCC2(C)C)c1ccc(C#N)cc1. The number of rotatable bonds is 2. The van der Waals surface area contributed by atoms with Gasteiger partial charge in [0.15, 0.2) is 0 Å². The molecule has 0 saturated heterocycles. The Labute approximate surface area is 152 Å². The monoisotopic (exact) mass is 329 g/mol. The van der Waals surface area contributed by atoms with Crippen molar-refractivity contribution in [1.82, 2.24) is 0 Å². The van der Waals surface area contributed by atoms with E-state index in [4.69, 9.17) is 5.26 Å². The average molecular weight is 329 g/mol. The van der Waals surface area contributed by atoms with E-state index in [1.807, 2.05) is 24.3 Å². The van der Waals surface area contributed by atoms with E-state index in [1.165, 1.54) is 35.1 Å². The summed E-state index contributed by atoms with van der Waals surface area (Å²) in [6, 6.07) is 16.9.